The van der Waals surface area contributed by atoms with Crippen LogP contribution in [0.2, 0.25) is 0 Å². The molecule has 0 aliphatic heterocycles. The number of hydrogen-bond donors (Lipinski definition) is 1. The van der Waals surface area contributed by atoms with Crippen LogP contribution in [-0.2, 0) is 11.1 Å². The molecule has 1 unspecified atom stereocenters. The van der Waals surface area contributed by atoms with Crippen LogP contribution >= 0.6 is 0 Å². The molecule has 0 radical (unpaired) electrons. The molecule has 0 spiro atoms. The predicted molar refractivity (Wildman–Crippen MR) is 51.3 cm³/mol. The van der Waals surface area contributed by atoms with E-state index in [1.165, 1.54) is 38.1 Å². The molecule has 0 fully saturated rings. The van der Waals surface area contributed by atoms with Crippen LogP contribution in [0.5, 0.6) is 5.75 Å². The van der Waals surface area contributed by atoms with Gasteiger partial charge in [-0.25, -0.2) is 4.21 Å². The van der Waals surface area contributed by atoms with Gasteiger partial charge in [0, 0.05) is 13.8 Å². The lowest BCUT2D eigenvalue weighted by molar-refractivity contribution is -0.0257. The summed E-state index contributed by atoms with van der Waals surface area (Å²) in [6, 6.07) is 5.73. The van der Waals surface area contributed by atoms with E-state index in [1.54, 1.807) is 0 Å². The molecule has 1 aromatic carbocycles. The Hall–Kier alpha value is -0.940. The van der Waals surface area contributed by atoms with Crippen molar-refractivity contribution in [2.45, 2.75) is 24.6 Å². The first-order chi connectivity index (χ1) is 6.38. The summed E-state index contributed by atoms with van der Waals surface area (Å²) in [5.41, 5.74) is 0. The molecule has 0 aliphatic rings. The van der Waals surface area contributed by atoms with E-state index in [-0.39, 0.29) is 4.90 Å². The highest BCUT2D eigenvalue weighted by molar-refractivity contribution is 7.79. The van der Waals surface area contributed by atoms with Crippen molar-refractivity contribution in [1.29, 1.82) is 0 Å². The van der Waals surface area contributed by atoms with Gasteiger partial charge in [0.05, 0.1) is 4.90 Å². The van der Waals surface area contributed by atoms with Crippen LogP contribution in [-0.4, -0.2) is 14.6 Å². The van der Waals surface area contributed by atoms with E-state index in [0.717, 1.165) is 0 Å². The molecule has 0 aromatic heterocycles. The maximum absolute atomic E-state index is 13.0. The lowest BCUT2D eigenvalue weighted by Gasteiger charge is -2.16. The zero-order chi connectivity index (χ0) is 10.8. The third kappa shape index (κ3) is 3.43. The van der Waals surface area contributed by atoms with Crippen LogP contribution in [0.15, 0.2) is 29.2 Å². The molecule has 0 saturated heterocycles. The molecule has 0 aliphatic carbocycles. The van der Waals surface area contributed by atoms with Crippen molar-refractivity contribution in [3.63, 3.8) is 0 Å². The van der Waals surface area contributed by atoms with Gasteiger partial charge in [-0.1, -0.05) is 0 Å². The number of halogens is 1. The number of rotatable bonds is 3. The number of benzene rings is 1. The van der Waals surface area contributed by atoms with Gasteiger partial charge < -0.3 is 9.29 Å². The zero-order valence-corrected chi connectivity index (χ0v) is 8.68. The average molecular weight is 218 g/mol. The van der Waals surface area contributed by atoms with Crippen LogP contribution in [0, 0.1) is 0 Å². The van der Waals surface area contributed by atoms with Crippen molar-refractivity contribution in [2.24, 2.45) is 0 Å². The van der Waals surface area contributed by atoms with Crippen molar-refractivity contribution in [2.75, 3.05) is 0 Å². The maximum Gasteiger partial charge on any atom is 0.242 e. The largest absolute Gasteiger partial charge is 0.459 e. The zero-order valence-electron chi connectivity index (χ0n) is 7.86. The average Bonchev–Trinajstić information content (AvgIpc) is 2.02. The molecule has 0 bridgehead atoms. The van der Waals surface area contributed by atoms with Gasteiger partial charge in [-0.15, -0.1) is 0 Å². The Bertz CT molecular complexity index is 329. The van der Waals surface area contributed by atoms with E-state index in [1.807, 2.05) is 0 Å². The Morgan fingerprint density at radius 2 is 1.86 bits per heavy atom. The van der Waals surface area contributed by atoms with Crippen LogP contribution in [0.3, 0.4) is 0 Å². The molecule has 0 amide bonds. The van der Waals surface area contributed by atoms with E-state index in [4.69, 9.17) is 9.29 Å². The Balaban J connectivity index is 2.79. The molecule has 1 N–H and O–H groups in total. The molecule has 5 heteroatoms. The first-order valence-electron chi connectivity index (χ1n) is 3.97. The van der Waals surface area contributed by atoms with Crippen LogP contribution < -0.4 is 4.74 Å². The van der Waals surface area contributed by atoms with E-state index < -0.39 is 16.9 Å². The van der Waals surface area contributed by atoms with Crippen molar-refractivity contribution < 1.29 is 17.9 Å². The highest BCUT2D eigenvalue weighted by atomic mass is 32.2. The second kappa shape index (κ2) is 4.06. The standard InChI is InChI=1S/C9H11FO3S/c1-9(2,10)13-7-3-5-8(6-4-7)14(11)12/h3-6H,1-2H3,(H,11,12). The monoisotopic (exact) mass is 218 g/mol. The normalized spacial score (nSPS) is 13.7. The summed E-state index contributed by atoms with van der Waals surface area (Å²) >= 11 is -2.01. The molecule has 78 valence electrons. The first-order valence-corrected chi connectivity index (χ1v) is 5.08. The summed E-state index contributed by atoms with van der Waals surface area (Å²) in [5.74, 6) is -1.42. The van der Waals surface area contributed by atoms with E-state index in [9.17, 15) is 8.60 Å². The summed E-state index contributed by atoms with van der Waals surface area (Å²) in [6.07, 6.45) is 0. The fourth-order valence-electron chi connectivity index (χ4n) is 0.904. The molecule has 0 heterocycles. The number of alkyl halides is 1. The minimum absolute atomic E-state index is 0.258. The first kappa shape index (κ1) is 11.1. The van der Waals surface area contributed by atoms with E-state index in [0.29, 0.717) is 5.75 Å². The molecular weight excluding hydrogens is 207 g/mol. The lowest BCUT2D eigenvalue weighted by Crippen LogP contribution is -2.20. The summed E-state index contributed by atoms with van der Waals surface area (Å²) < 4.78 is 37.2. The Kier molecular flexibility index (Phi) is 3.23. The highest BCUT2D eigenvalue weighted by Gasteiger charge is 2.16. The van der Waals surface area contributed by atoms with Crippen molar-refractivity contribution in [3.05, 3.63) is 24.3 Å². The van der Waals surface area contributed by atoms with Gasteiger partial charge in [-0.05, 0) is 24.3 Å². The quantitative estimate of drug-likeness (QED) is 0.792. The van der Waals surface area contributed by atoms with Crippen molar-refractivity contribution in [1.82, 2.24) is 0 Å². The Labute approximate surface area is 84.2 Å². The van der Waals surface area contributed by atoms with E-state index >= 15 is 0 Å². The molecule has 0 saturated carbocycles. The smallest absolute Gasteiger partial charge is 0.242 e. The number of hydrogen-bond acceptors (Lipinski definition) is 2. The molecule has 3 nitrogen and oxygen atoms in total. The molecular formula is C9H11FO3S. The minimum Gasteiger partial charge on any atom is -0.459 e. The summed E-state index contributed by atoms with van der Waals surface area (Å²) in [6.45, 7) is 2.57. The second-order valence-electron chi connectivity index (χ2n) is 3.19. The third-order valence-electron chi connectivity index (χ3n) is 1.39. The minimum atomic E-state index is -2.01. The number of ether oxygens (including phenoxy) is 1. The van der Waals surface area contributed by atoms with Gasteiger partial charge in [0.15, 0.2) is 11.1 Å². The van der Waals surface area contributed by atoms with Gasteiger partial charge in [0.2, 0.25) is 5.85 Å². The summed E-state index contributed by atoms with van der Waals surface area (Å²) in [7, 11) is 0. The Morgan fingerprint density at radius 3 is 2.21 bits per heavy atom. The van der Waals surface area contributed by atoms with Crippen molar-refractivity contribution >= 4 is 11.1 Å². The lowest BCUT2D eigenvalue weighted by atomic mass is 10.3. The predicted octanol–water partition coefficient (Wildman–Crippen LogP) is 2.35. The summed E-state index contributed by atoms with van der Waals surface area (Å²) in [5, 5.41) is 0. The van der Waals surface area contributed by atoms with Gasteiger partial charge in [0.1, 0.15) is 5.75 Å². The topological polar surface area (TPSA) is 46.5 Å². The van der Waals surface area contributed by atoms with Gasteiger partial charge in [-0.3, -0.25) is 0 Å². The molecule has 1 atom stereocenters. The van der Waals surface area contributed by atoms with E-state index in [2.05, 4.69) is 0 Å². The van der Waals surface area contributed by atoms with Crippen molar-refractivity contribution in [3.8, 4) is 5.75 Å². The second-order valence-corrected chi connectivity index (χ2v) is 4.16. The molecule has 1 aromatic rings. The van der Waals surface area contributed by atoms with Crippen LogP contribution in [0.25, 0.3) is 0 Å². The summed E-state index contributed by atoms with van der Waals surface area (Å²) in [4.78, 5) is 0.258. The van der Waals surface area contributed by atoms with Gasteiger partial charge in [-0.2, -0.15) is 4.39 Å². The third-order valence-corrected chi connectivity index (χ3v) is 2.06. The van der Waals surface area contributed by atoms with Gasteiger partial charge in [0.25, 0.3) is 0 Å². The molecule has 14 heavy (non-hydrogen) atoms. The Morgan fingerprint density at radius 1 is 1.36 bits per heavy atom. The SMILES string of the molecule is CC(C)(F)Oc1ccc(S(=O)O)cc1. The van der Waals surface area contributed by atoms with Crippen LogP contribution in [0.1, 0.15) is 13.8 Å². The maximum atomic E-state index is 13.0. The molecule has 1 rings (SSSR count). The van der Waals surface area contributed by atoms with Gasteiger partial charge >= 0.3 is 0 Å². The van der Waals surface area contributed by atoms with Crippen LogP contribution in [0.4, 0.5) is 4.39 Å². The fourth-order valence-corrected chi connectivity index (χ4v) is 1.27. The highest BCUT2D eigenvalue weighted by Crippen LogP contribution is 2.20. The fraction of sp³-hybridized carbons (Fsp3) is 0.333.